The quantitative estimate of drug-likeness (QED) is 0.594. The van der Waals surface area contributed by atoms with E-state index in [-0.39, 0.29) is 18.4 Å². The van der Waals surface area contributed by atoms with Crippen LogP contribution in [-0.2, 0) is 14.3 Å². The zero-order chi connectivity index (χ0) is 20.6. The molecule has 3 aliphatic heterocycles. The number of piperidine rings is 2. The van der Waals surface area contributed by atoms with Crippen molar-refractivity contribution in [2.75, 3.05) is 72.6 Å². The van der Waals surface area contributed by atoms with Gasteiger partial charge >= 0.3 is 0 Å². The second kappa shape index (κ2) is 11.3. The van der Waals surface area contributed by atoms with Crippen LogP contribution in [0.2, 0.25) is 0 Å². The molecule has 3 saturated heterocycles. The number of unbranched alkanes of at least 4 members (excludes halogenated alkanes) is 1. The van der Waals surface area contributed by atoms with Gasteiger partial charge in [-0.1, -0.05) is 13.3 Å². The number of ether oxygens (including phenoxy) is 1. The third-order valence-electron chi connectivity index (χ3n) is 6.82. The molecule has 0 saturated carbocycles. The van der Waals surface area contributed by atoms with Crippen LogP contribution in [-0.4, -0.2) is 110 Å². The number of carbonyl (C=O) groups is 2. The summed E-state index contributed by atoms with van der Waals surface area (Å²) in [4.78, 5) is 34.2. The van der Waals surface area contributed by atoms with Crippen LogP contribution in [0, 0.1) is 5.92 Å². The van der Waals surface area contributed by atoms with Gasteiger partial charge in [0.15, 0.2) is 0 Å². The topological polar surface area (TPSA) is 56.3 Å². The van der Waals surface area contributed by atoms with E-state index in [1.54, 1.807) is 0 Å². The van der Waals surface area contributed by atoms with Gasteiger partial charge < -0.3 is 19.4 Å². The van der Waals surface area contributed by atoms with Crippen LogP contribution in [0.5, 0.6) is 0 Å². The average molecular weight is 409 g/mol. The number of carbonyl (C=O) groups excluding carboxylic acids is 2. The van der Waals surface area contributed by atoms with Crippen molar-refractivity contribution in [2.24, 2.45) is 5.92 Å². The van der Waals surface area contributed by atoms with Gasteiger partial charge in [-0.3, -0.25) is 14.5 Å². The molecule has 1 atom stereocenters. The number of amides is 2. The van der Waals surface area contributed by atoms with E-state index in [9.17, 15) is 9.59 Å². The average Bonchev–Trinajstić information content (AvgIpc) is 2.77. The van der Waals surface area contributed by atoms with Gasteiger partial charge in [-0.05, 0) is 45.7 Å². The van der Waals surface area contributed by atoms with Gasteiger partial charge in [-0.15, -0.1) is 0 Å². The molecule has 1 unspecified atom stereocenters. The summed E-state index contributed by atoms with van der Waals surface area (Å²) < 4.78 is 5.49. The second-order valence-electron chi connectivity index (χ2n) is 8.98. The summed E-state index contributed by atoms with van der Waals surface area (Å²) in [7, 11) is 2.12. The Hall–Kier alpha value is -1.18. The SMILES string of the molecule is CCCCOCC(=O)N1CCC(N2CCCC(C(=O)N3CCN(C)CC3)C2)CC1. The number of likely N-dealkylation sites (tertiary alicyclic amines) is 2. The van der Waals surface area contributed by atoms with Crippen molar-refractivity contribution in [3.63, 3.8) is 0 Å². The predicted molar refractivity (Wildman–Crippen MR) is 114 cm³/mol. The molecule has 3 rings (SSSR count). The van der Waals surface area contributed by atoms with Crippen molar-refractivity contribution in [3.05, 3.63) is 0 Å². The number of rotatable bonds is 7. The Morgan fingerprint density at radius 1 is 0.931 bits per heavy atom. The summed E-state index contributed by atoms with van der Waals surface area (Å²) in [5.41, 5.74) is 0. The Kier molecular flexibility index (Phi) is 8.75. The van der Waals surface area contributed by atoms with E-state index >= 15 is 0 Å². The Bertz CT molecular complexity index is 528. The van der Waals surface area contributed by atoms with Gasteiger partial charge in [0.25, 0.3) is 0 Å². The molecule has 0 aliphatic carbocycles. The molecule has 7 nitrogen and oxygen atoms in total. The zero-order valence-electron chi connectivity index (χ0n) is 18.5. The Labute approximate surface area is 176 Å². The summed E-state index contributed by atoms with van der Waals surface area (Å²) in [6.45, 7) is 10.3. The van der Waals surface area contributed by atoms with Gasteiger partial charge in [-0.2, -0.15) is 0 Å². The Morgan fingerprint density at radius 2 is 1.66 bits per heavy atom. The maximum Gasteiger partial charge on any atom is 0.248 e. The minimum absolute atomic E-state index is 0.126. The Morgan fingerprint density at radius 3 is 2.34 bits per heavy atom. The molecule has 0 aromatic rings. The van der Waals surface area contributed by atoms with E-state index in [1.165, 1.54) is 0 Å². The molecule has 0 N–H and O–H groups in total. The molecular weight excluding hydrogens is 368 g/mol. The van der Waals surface area contributed by atoms with Crippen molar-refractivity contribution in [1.29, 1.82) is 0 Å². The standard InChI is InChI=1S/C22H40N4O3/c1-3-4-16-29-18-21(27)24-10-7-20(8-11-24)26-9-5-6-19(17-26)22(28)25-14-12-23(2)13-15-25/h19-20H,3-18H2,1-2H3. The molecule has 0 aromatic carbocycles. The van der Waals surface area contributed by atoms with Crippen LogP contribution in [0.1, 0.15) is 45.4 Å². The van der Waals surface area contributed by atoms with Crippen molar-refractivity contribution in [3.8, 4) is 0 Å². The van der Waals surface area contributed by atoms with E-state index in [4.69, 9.17) is 4.74 Å². The predicted octanol–water partition coefficient (Wildman–Crippen LogP) is 1.28. The van der Waals surface area contributed by atoms with Crippen LogP contribution in [0.25, 0.3) is 0 Å². The molecule has 3 heterocycles. The lowest BCUT2D eigenvalue weighted by Crippen LogP contribution is -2.54. The summed E-state index contributed by atoms with van der Waals surface area (Å²) in [5, 5.41) is 0. The molecule has 0 aromatic heterocycles. The normalized spacial score (nSPS) is 25.4. The summed E-state index contributed by atoms with van der Waals surface area (Å²) in [5.74, 6) is 0.639. The first-order chi connectivity index (χ1) is 14.1. The smallest absolute Gasteiger partial charge is 0.248 e. The molecule has 0 bridgehead atoms. The van der Waals surface area contributed by atoms with Crippen molar-refractivity contribution >= 4 is 11.8 Å². The van der Waals surface area contributed by atoms with Gasteiger partial charge in [0.2, 0.25) is 11.8 Å². The minimum Gasteiger partial charge on any atom is -0.372 e. The maximum absolute atomic E-state index is 13.0. The van der Waals surface area contributed by atoms with Gasteiger partial charge in [0.05, 0.1) is 5.92 Å². The lowest BCUT2D eigenvalue weighted by Gasteiger charge is -2.43. The van der Waals surface area contributed by atoms with Crippen LogP contribution in [0.15, 0.2) is 0 Å². The highest BCUT2D eigenvalue weighted by Crippen LogP contribution is 2.25. The lowest BCUT2D eigenvalue weighted by molar-refractivity contribution is -0.139. The van der Waals surface area contributed by atoms with E-state index in [1.807, 2.05) is 4.90 Å². The van der Waals surface area contributed by atoms with Crippen LogP contribution in [0.3, 0.4) is 0 Å². The first kappa shape index (κ1) is 22.5. The fourth-order valence-electron chi connectivity index (χ4n) is 4.80. The first-order valence-electron chi connectivity index (χ1n) is 11.7. The second-order valence-corrected chi connectivity index (χ2v) is 8.98. The molecule has 2 amide bonds. The fourth-order valence-corrected chi connectivity index (χ4v) is 4.80. The third-order valence-corrected chi connectivity index (χ3v) is 6.82. The van der Waals surface area contributed by atoms with Gasteiger partial charge in [-0.25, -0.2) is 0 Å². The monoisotopic (exact) mass is 408 g/mol. The zero-order valence-corrected chi connectivity index (χ0v) is 18.5. The number of hydrogen-bond donors (Lipinski definition) is 0. The first-order valence-corrected chi connectivity index (χ1v) is 11.7. The van der Waals surface area contributed by atoms with Crippen molar-refractivity contribution in [2.45, 2.75) is 51.5 Å². The summed E-state index contributed by atoms with van der Waals surface area (Å²) in [6.07, 6.45) is 6.25. The third kappa shape index (κ3) is 6.40. The van der Waals surface area contributed by atoms with E-state index in [2.05, 4.69) is 28.7 Å². The van der Waals surface area contributed by atoms with Gasteiger partial charge in [0, 0.05) is 58.5 Å². The number of piperazine rings is 1. The van der Waals surface area contributed by atoms with Crippen LogP contribution in [0.4, 0.5) is 0 Å². The molecular formula is C22H40N4O3. The molecule has 3 fully saturated rings. The Balaban J connectivity index is 1.41. The largest absolute Gasteiger partial charge is 0.372 e. The van der Waals surface area contributed by atoms with Crippen molar-refractivity contribution in [1.82, 2.24) is 19.6 Å². The summed E-state index contributed by atoms with van der Waals surface area (Å²) in [6, 6.07) is 0.503. The van der Waals surface area contributed by atoms with E-state index in [0.717, 1.165) is 90.9 Å². The minimum atomic E-state index is 0.126. The molecule has 0 radical (unpaired) electrons. The summed E-state index contributed by atoms with van der Waals surface area (Å²) >= 11 is 0. The fraction of sp³-hybridized carbons (Fsp3) is 0.909. The van der Waals surface area contributed by atoms with Crippen LogP contribution >= 0.6 is 0 Å². The number of nitrogens with zero attached hydrogens (tertiary/aromatic N) is 4. The highest BCUT2D eigenvalue weighted by Gasteiger charge is 2.34. The highest BCUT2D eigenvalue weighted by atomic mass is 16.5. The molecule has 0 spiro atoms. The molecule has 3 aliphatic rings. The van der Waals surface area contributed by atoms with E-state index < -0.39 is 0 Å². The van der Waals surface area contributed by atoms with Crippen LogP contribution < -0.4 is 0 Å². The van der Waals surface area contributed by atoms with Crippen molar-refractivity contribution < 1.29 is 14.3 Å². The lowest BCUT2D eigenvalue weighted by atomic mass is 9.92. The van der Waals surface area contributed by atoms with E-state index in [0.29, 0.717) is 18.6 Å². The molecule has 7 heteroatoms. The number of likely N-dealkylation sites (N-methyl/N-ethyl adjacent to an activating group) is 1. The molecule has 166 valence electrons. The van der Waals surface area contributed by atoms with Gasteiger partial charge in [0.1, 0.15) is 6.61 Å². The molecule has 29 heavy (non-hydrogen) atoms. The number of hydrogen-bond acceptors (Lipinski definition) is 5. The maximum atomic E-state index is 13.0. The highest BCUT2D eigenvalue weighted by molar-refractivity contribution is 5.79.